The Morgan fingerprint density at radius 2 is 0.882 bits per heavy atom. The largest absolute Gasteiger partial charge is 0.469 e. The zero-order valence-corrected chi connectivity index (χ0v) is 24.4. The van der Waals surface area contributed by atoms with E-state index in [4.69, 9.17) is 0 Å². The summed E-state index contributed by atoms with van der Waals surface area (Å²) in [7, 11) is -1.57. The molecule has 0 unspecified atom stereocenters. The second kappa shape index (κ2) is 10.3. The van der Waals surface area contributed by atoms with Crippen LogP contribution in [0, 0.1) is 0 Å². The number of hydrogen-bond acceptors (Lipinski definition) is 3. The lowest BCUT2D eigenvalue weighted by atomic mass is 9.82. The van der Waals surface area contributed by atoms with Gasteiger partial charge in [-0.15, -0.1) is 0 Å². The van der Waals surface area contributed by atoms with Gasteiger partial charge in [0, 0.05) is 23.8 Å². The van der Waals surface area contributed by atoms with E-state index in [9.17, 15) is 0 Å². The zero-order valence-electron chi connectivity index (χ0n) is 23.4. The van der Waals surface area contributed by atoms with Crippen molar-refractivity contribution in [2.24, 2.45) is 0 Å². The molecular weight excluding hydrogens is 429 g/mol. The molecule has 0 fully saturated rings. The summed E-state index contributed by atoms with van der Waals surface area (Å²) in [6.45, 7) is 25.7. The van der Waals surface area contributed by atoms with Crippen LogP contribution >= 0.6 is 0 Å². The van der Waals surface area contributed by atoms with Crippen LogP contribution in [0.1, 0.15) is 101 Å². The second-order valence-corrected chi connectivity index (χ2v) is 16.9. The van der Waals surface area contributed by atoms with Gasteiger partial charge in [0.25, 0.3) is 0 Å². The third-order valence-electron chi connectivity index (χ3n) is 6.68. The van der Waals surface area contributed by atoms with Crippen molar-refractivity contribution in [3.63, 3.8) is 0 Å². The SMILES string of the molecule is CC(C)c1cccc(C(C)C)c1N1C=CN(c2c(C(C)C)cccc2C(C)C)B1N[Si](C)(C)C. The van der Waals surface area contributed by atoms with Gasteiger partial charge in [-0.25, -0.2) is 0 Å². The molecule has 3 rings (SSSR count). The molecule has 1 N–H and O–H groups in total. The summed E-state index contributed by atoms with van der Waals surface area (Å²) in [4.78, 5) is 9.14. The number of nitrogens with one attached hydrogen (secondary N) is 1. The van der Waals surface area contributed by atoms with Crippen LogP contribution in [0.15, 0.2) is 48.8 Å². The highest BCUT2D eigenvalue weighted by atomic mass is 28.3. The van der Waals surface area contributed by atoms with Crippen LogP contribution in [0.25, 0.3) is 0 Å². The molecular formula is C29H46BN3Si. The van der Waals surface area contributed by atoms with E-state index < -0.39 is 8.24 Å². The van der Waals surface area contributed by atoms with E-state index in [1.807, 2.05) is 0 Å². The fraction of sp³-hybridized carbons (Fsp3) is 0.517. The molecule has 1 heterocycles. The number of benzene rings is 2. The topological polar surface area (TPSA) is 18.5 Å². The van der Waals surface area contributed by atoms with Gasteiger partial charge in [-0.05, 0) is 45.9 Å². The number of nitrogens with zero attached hydrogens (tertiary/aromatic N) is 2. The quantitative estimate of drug-likeness (QED) is 0.387. The van der Waals surface area contributed by atoms with Crippen LogP contribution in [-0.4, -0.2) is 15.4 Å². The van der Waals surface area contributed by atoms with E-state index in [2.05, 4.69) is 138 Å². The fourth-order valence-electron chi connectivity index (χ4n) is 4.98. The summed E-state index contributed by atoms with van der Waals surface area (Å²) >= 11 is 0. The monoisotopic (exact) mass is 475 g/mol. The molecule has 2 aromatic rings. The van der Waals surface area contributed by atoms with Gasteiger partial charge in [-0.1, -0.05) is 111 Å². The number of rotatable bonds is 8. The predicted octanol–water partition coefficient (Wildman–Crippen LogP) is 8.39. The Balaban J connectivity index is 2.25. The Bertz CT molecular complexity index is 895. The standard InChI is InChI=1S/C29H46BN3Si/c1-20(2)24-14-12-15-25(21(3)4)28(24)32-18-19-33(30(32)31-34(9,10)11)29-26(22(5)6)16-13-17-27(29)23(7)8/h12-23,31H,1-11H3. The summed E-state index contributed by atoms with van der Waals surface area (Å²) in [5.41, 5.74) is 8.41. The zero-order chi connectivity index (χ0) is 25.4. The molecule has 184 valence electrons. The lowest BCUT2D eigenvalue weighted by Crippen LogP contribution is -2.63. The summed E-state index contributed by atoms with van der Waals surface area (Å²) in [5, 5.41) is 0. The first-order valence-corrected chi connectivity index (χ1v) is 16.6. The first kappa shape index (κ1) is 26.6. The van der Waals surface area contributed by atoms with Gasteiger partial charge in [0.05, 0.1) is 0 Å². The predicted molar refractivity (Wildman–Crippen MR) is 156 cm³/mol. The van der Waals surface area contributed by atoms with Crippen molar-refractivity contribution in [3.8, 4) is 0 Å². The highest BCUT2D eigenvalue weighted by molar-refractivity contribution is 6.86. The van der Waals surface area contributed by atoms with Crippen molar-refractivity contribution < 1.29 is 0 Å². The van der Waals surface area contributed by atoms with Crippen molar-refractivity contribution in [1.82, 2.24) is 4.89 Å². The van der Waals surface area contributed by atoms with Gasteiger partial charge in [0.2, 0.25) is 0 Å². The van der Waals surface area contributed by atoms with Gasteiger partial charge < -0.3 is 14.5 Å². The molecule has 0 atom stereocenters. The average Bonchev–Trinajstić information content (AvgIpc) is 3.13. The van der Waals surface area contributed by atoms with Crippen LogP contribution in [-0.2, 0) is 0 Å². The molecule has 0 aromatic heterocycles. The van der Waals surface area contributed by atoms with E-state index in [1.165, 1.54) is 33.6 Å². The highest BCUT2D eigenvalue weighted by Gasteiger charge is 2.41. The van der Waals surface area contributed by atoms with Crippen molar-refractivity contribution in [3.05, 3.63) is 71.1 Å². The molecule has 0 amide bonds. The summed E-state index contributed by atoms with van der Waals surface area (Å²) < 4.78 is 0. The number of para-hydroxylation sites is 2. The minimum absolute atomic E-state index is 0.0569. The Kier molecular flexibility index (Phi) is 8.09. The van der Waals surface area contributed by atoms with Crippen LogP contribution in [0.3, 0.4) is 0 Å². The maximum absolute atomic E-state index is 4.11. The normalized spacial score (nSPS) is 14.6. The minimum Gasteiger partial charge on any atom is -0.356 e. The molecule has 1 aliphatic heterocycles. The van der Waals surface area contributed by atoms with E-state index >= 15 is 0 Å². The summed E-state index contributed by atoms with van der Waals surface area (Å²) in [5.74, 6) is 1.83. The van der Waals surface area contributed by atoms with Gasteiger partial charge in [-0.3, -0.25) is 0 Å². The maximum Gasteiger partial charge on any atom is 0.469 e. The van der Waals surface area contributed by atoms with E-state index in [0.717, 1.165) is 0 Å². The Morgan fingerprint density at radius 1 is 0.588 bits per heavy atom. The highest BCUT2D eigenvalue weighted by Crippen LogP contribution is 2.42. The molecule has 0 saturated carbocycles. The fourth-order valence-corrected chi connectivity index (χ4v) is 6.03. The number of anilines is 2. The van der Waals surface area contributed by atoms with E-state index in [-0.39, 0.29) is 7.12 Å². The molecule has 34 heavy (non-hydrogen) atoms. The van der Waals surface area contributed by atoms with Crippen LogP contribution in [0.4, 0.5) is 11.4 Å². The molecule has 0 saturated heterocycles. The van der Waals surface area contributed by atoms with Gasteiger partial charge >= 0.3 is 7.12 Å². The second-order valence-electron chi connectivity index (χ2n) is 12.1. The minimum atomic E-state index is -1.62. The van der Waals surface area contributed by atoms with Gasteiger partial charge in [0.15, 0.2) is 0 Å². The maximum atomic E-state index is 4.11. The lowest BCUT2D eigenvalue weighted by molar-refractivity contribution is 0.830. The third-order valence-corrected chi connectivity index (χ3v) is 7.80. The first-order valence-electron chi connectivity index (χ1n) is 13.1. The molecule has 3 nitrogen and oxygen atoms in total. The van der Waals surface area contributed by atoms with Gasteiger partial charge in [-0.2, -0.15) is 0 Å². The average molecular weight is 476 g/mol. The van der Waals surface area contributed by atoms with Crippen LogP contribution in [0.5, 0.6) is 0 Å². The molecule has 0 bridgehead atoms. The smallest absolute Gasteiger partial charge is 0.356 e. The molecule has 0 aliphatic carbocycles. The Morgan fingerprint density at radius 3 is 1.12 bits per heavy atom. The molecule has 5 heteroatoms. The molecule has 1 aliphatic rings. The molecule has 2 aromatic carbocycles. The van der Waals surface area contributed by atoms with Crippen molar-refractivity contribution >= 4 is 26.7 Å². The molecule has 0 radical (unpaired) electrons. The lowest BCUT2D eigenvalue weighted by Gasteiger charge is -2.38. The van der Waals surface area contributed by atoms with Gasteiger partial charge in [0.1, 0.15) is 8.24 Å². The third kappa shape index (κ3) is 5.46. The van der Waals surface area contributed by atoms with Crippen molar-refractivity contribution in [2.45, 2.75) is 98.7 Å². The summed E-state index contributed by atoms with van der Waals surface area (Å²) in [6, 6.07) is 13.7. The van der Waals surface area contributed by atoms with Crippen LogP contribution in [0.2, 0.25) is 19.6 Å². The molecule has 0 spiro atoms. The van der Waals surface area contributed by atoms with Crippen molar-refractivity contribution in [1.29, 1.82) is 0 Å². The van der Waals surface area contributed by atoms with E-state index in [0.29, 0.717) is 23.7 Å². The van der Waals surface area contributed by atoms with Crippen LogP contribution < -0.4 is 14.5 Å². The number of hydrogen-bond donors (Lipinski definition) is 1. The Hall–Kier alpha value is -1.98. The van der Waals surface area contributed by atoms with Crippen molar-refractivity contribution in [2.75, 3.05) is 9.62 Å². The first-order chi connectivity index (χ1) is 15.8. The summed E-state index contributed by atoms with van der Waals surface area (Å²) in [6.07, 6.45) is 4.62. The Labute approximate surface area is 210 Å². The van der Waals surface area contributed by atoms with E-state index in [1.54, 1.807) is 0 Å².